The maximum Gasteiger partial charge on any atom is 0.255 e. The van der Waals surface area contributed by atoms with E-state index >= 15 is 0 Å². The largest absolute Gasteiger partial charge is 0.488 e. The van der Waals surface area contributed by atoms with E-state index in [4.69, 9.17) is 9.47 Å². The first-order valence-electron chi connectivity index (χ1n) is 12.2. The van der Waals surface area contributed by atoms with Crippen molar-refractivity contribution in [3.63, 3.8) is 0 Å². The second-order valence-corrected chi connectivity index (χ2v) is 8.80. The predicted molar refractivity (Wildman–Crippen MR) is 139 cm³/mol. The number of hydrogen-bond donors (Lipinski definition) is 2. The molecule has 0 saturated heterocycles. The molecule has 0 spiro atoms. The molecule has 182 valence electrons. The summed E-state index contributed by atoms with van der Waals surface area (Å²) in [7, 11) is 0. The van der Waals surface area contributed by atoms with E-state index in [1.807, 2.05) is 48.5 Å². The van der Waals surface area contributed by atoms with Crippen molar-refractivity contribution in [3.05, 3.63) is 107 Å². The average Bonchev–Trinajstić information content (AvgIpc) is 2.92. The molecule has 0 aromatic heterocycles. The first-order valence-corrected chi connectivity index (χ1v) is 12.2. The Morgan fingerprint density at radius 3 is 1.47 bits per heavy atom. The highest BCUT2D eigenvalue weighted by molar-refractivity contribution is 5.97. The van der Waals surface area contributed by atoms with E-state index in [1.54, 1.807) is 12.1 Å². The van der Waals surface area contributed by atoms with E-state index in [2.05, 4.69) is 34.9 Å². The molecule has 6 heteroatoms. The summed E-state index contributed by atoms with van der Waals surface area (Å²) >= 11 is 0. The van der Waals surface area contributed by atoms with Gasteiger partial charge in [0.15, 0.2) is 0 Å². The van der Waals surface area contributed by atoms with Crippen LogP contribution in [-0.4, -0.2) is 24.9 Å². The van der Waals surface area contributed by atoms with Gasteiger partial charge in [0, 0.05) is 13.1 Å². The fraction of sp³-hybridized carbons (Fsp3) is 0.200. The minimum absolute atomic E-state index is 0.172. The zero-order valence-corrected chi connectivity index (χ0v) is 20.0. The van der Waals surface area contributed by atoms with E-state index in [-0.39, 0.29) is 11.8 Å². The number of para-hydroxylation sites is 2. The molecule has 2 aliphatic rings. The van der Waals surface area contributed by atoms with Crippen LogP contribution in [0.3, 0.4) is 0 Å². The number of nitrogens with one attached hydrogen (secondary N) is 2. The van der Waals surface area contributed by atoms with Crippen LogP contribution in [0.1, 0.15) is 44.7 Å². The maximum atomic E-state index is 12.8. The Morgan fingerprint density at radius 1 is 0.556 bits per heavy atom. The average molecular weight is 481 g/mol. The lowest BCUT2D eigenvalue weighted by Gasteiger charge is -2.14. The number of hydrogen-bond acceptors (Lipinski definition) is 4. The summed E-state index contributed by atoms with van der Waals surface area (Å²) in [5.41, 5.74) is 3.05. The van der Waals surface area contributed by atoms with Crippen LogP contribution in [0.4, 0.5) is 0 Å². The minimum Gasteiger partial charge on any atom is -0.488 e. The first kappa shape index (κ1) is 23.4. The van der Waals surface area contributed by atoms with Gasteiger partial charge >= 0.3 is 0 Å². The maximum absolute atomic E-state index is 12.8. The van der Waals surface area contributed by atoms with Gasteiger partial charge in [0.2, 0.25) is 0 Å². The molecular weight excluding hydrogens is 452 g/mol. The van der Waals surface area contributed by atoms with Gasteiger partial charge in [0.05, 0.1) is 11.1 Å². The summed E-state index contributed by atoms with van der Waals surface area (Å²) < 4.78 is 12.1. The zero-order valence-electron chi connectivity index (χ0n) is 20.0. The molecule has 2 heterocycles. The highest BCUT2D eigenvalue weighted by atomic mass is 16.5. The number of amides is 2. The SMILES string of the molecule is O=C1NCCCCNC(=O)c2ccccc2OCc2ccc3cc(ccc3c2)COc2ccccc21. The molecule has 2 aliphatic heterocycles. The van der Waals surface area contributed by atoms with Gasteiger partial charge in [-0.25, -0.2) is 0 Å². The number of ether oxygens (including phenoxy) is 2. The van der Waals surface area contributed by atoms with Crippen LogP contribution >= 0.6 is 0 Å². The summed E-state index contributed by atoms with van der Waals surface area (Å²) in [5, 5.41) is 8.09. The van der Waals surface area contributed by atoms with Crippen molar-refractivity contribution in [3.8, 4) is 11.5 Å². The molecule has 0 atom stereocenters. The lowest BCUT2D eigenvalue weighted by molar-refractivity contribution is 0.0934. The standard InChI is InChI=1S/C30H28N2O4/c33-29-25-7-1-3-9-27(25)35-19-21-11-13-24-18-22(12-14-23(24)17-21)20-36-28-10-4-2-8-26(28)30(34)32-16-6-5-15-31-29/h1-4,7-14,17-18H,5-6,15-16,19-20H2,(H,31,33)(H,32,34). The van der Waals surface area contributed by atoms with Crippen LogP contribution in [0.5, 0.6) is 11.5 Å². The van der Waals surface area contributed by atoms with Gasteiger partial charge in [-0.1, -0.05) is 48.5 Å². The fourth-order valence-electron chi connectivity index (χ4n) is 4.25. The molecule has 2 amide bonds. The van der Waals surface area contributed by atoms with Gasteiger partial charge in [-0.05, 0) is 71.1 Å². The Kier molecular flexibility index (Phi) is 7.12. The predicted octanol–water partition coefficient (Wildman–Crippen LogP) is 5.25. The Labute approximate surface area is 210 Å². The van der Waals surface area contributed by atoms with Crippen molar-refractivity contribution in [2.75, 3.05) is 13.1 Å². The highest BCUT2D eigenvalue weighted by Crippen LogP contribution is 2.24. The van der Waals surface area contributed by atoms with E-state index in [9.17, 15) is 9.59 Å². The Balaban J connectivity index is 1.42. The molecule has 0 saturated carbocycles. The van der Waals surface area contributed by atoms with E-state index < -0.39 is 0 Å². The van der Waals surface area contributed by atoms with Crippen LogP contribution in [0.25, 0.3) is 10.8 Å². The third-order valence-electron chi connectivity index (χ3n) is 6.20. The van der Waals surface area contributed by atoms with Crippen molar-refractivity contribution in [2.45, 2.75) is 26.1 Å². The van der Waals surface area contributed by atoms with Crippen molar-refractivity contribution in [1.29, 1.82) is 0 Å². The summed E-state index contributed by atoms with van der Waals surface area (Å²) in [4.78, 5) is 25.6. The summed E-state index contributed by atoms with van der Waals surface area (Å²) in [6.45, 7) is 1.74. The molecule has 4 aromatic carbocycles. The molecule has 6 nitrogen and oxygen atoms in total. The van der Waals surface area contributed by atoms with E-state index in [1.165, 1.54) is 0 Å². The minimum atomic E-state index is -0.172. The summed E-state index contributed by atoms with van der Waals surface area (Å²) in [6, 6.07) is 26.9. The van der Waals surface area contributed by atoms with Gasteiger partial charge in [0.25, 0.3) is 11.8 Å². The first-order chi connectivity index (χ1) is 17.7. The molecule has 0 fully saturated rings. The van der Waals surface area contributed by atoms with E-state index in [0.29, 0.717) is 48.9 Å². The van der Waals surface area contributed by atoms with Crippen molar-refractivity contribution >= 4 is 22.6 Å². The lowest BCUT2D eigenvalue weighted by atomic mass is 10.0. The smallest absolute Gasteiger partial charge is 0.255 e. The quantitative estimate of drug-likeness (QED) is 0.360. The second kappa shape index (κ2) is 11.0. The van der Waals surface area contributed by atoms with Gasteiger partial charge < -0.3 is 20.1 Å². The summed E-state index contributed by atoms with van der Waals surface area (Å²) in [5.74, 6) is 0.758. The van der Waals surface area contributed by atoms with Gasteiger partial charge in [-0.2, -0.15) is 0 Å². The van der Waals surface area contributed by atoms with Crippen LogP contribution in [-0.2, 0) is 13.2 Å². The number of carbonyl (C=O) groups excluding carboxylic acids is 2. The number of fused-ring (bicyclic) bond motifs is 11. The highest BCUT2D eigenvalue weighted by Gasteiger charge is 2.14. The fourth-order valence-corrected chi connectivity index (χ4v) is 4.25. The monoisotopic (exact) mass is 480 g/mol. The molecule has 6 rings (SSSR count). The topological polar surface area (TPSA) is 76.7 Å². The molecule has 2 N–H and O–H groups in total. The Morgan fingerprint density at radius 2 is 1.00 bits per heavy atom. The molecule has 0 aliphatic carbocycles. The second-order valence-electron chi connectivity index (χ2n) is 8.80. The van der Waals surface area contributed by atoms with Crippen molar-refractivity contribution < 1.29 is 19.1 Å². The van der Waals surface area contributed by atoms with Crippen molar-refractivity contribution in [2.24, 2.45) is 0 Å². The number of benzene rings is 4. The van der Waals surface area contributed by atoms with Crippen LogP contribution in [0.15, 0.2) is 84.9 Å². The van der Waals surface area contributed by atoms with Gasteiger partial charge in [-0.3, -0.25) is 9.59 Å². The number of rotatable bonds is 0. The van der Waals surface area contributed by atoms with Crippen LogP contribution < -0.4 is 20.1 Å². The molecule has 36 heavy (non-hydrogen) atoms. The lowest BCUT2D eigenvalue weighted by Crippen LogP contribution is -2.27. The Bertz CT molecular complexity index is 1290. The molecule has 4 aromatic rings. The zero-order chi connectivity index (χ0) is 24.7. The summed E-state index contributed by atoms with van der Waals surface area (Å²) in [6.07, 6.45) is 1.48. The third-order valence-corrected chi connectivity index (χ3v) is 6.20. The van der Waals surface area contributed by atoms with Crippen molar-refractivity contribution in [1.82, 2.24) is 10.6 Å². The third kappa shape index (κ3) is 5.49. The van der Waals surface area contributed by atoms with Gasteiger partial charge in [-0.15, -0.1) is 0 Å². The van der Waals surface area contributed by atoms with Crippen LogP contribution in [0.2, 0.25) is 0 Å². The molecule has 4 bridgehead atoms. The molecule has 0 radical (unpaired) electrons. The Hall–Kier alpha value is -4.32. The van der Waals surface area contributed by atoms with Crippen LogP contribution in [0, 0.1) is 0 Å². The molecule has 0 unspecified atom stereocenters. The van der Waals surface area contributed by atoms with Gasteiger partial charge in [0.1, 0.15) is 24.7 Å². The molecular formula is C30H28N2O4. The van der Waals surface area contributed by atoms with E-state index in [0.717, 1.165) is 34.7 Å². The number of carbonyl (C=O) groups is 2. The normalized spacial score (nSPS) is 15.0.